The predicted molar refractivity (Wildman–Crippen MR) is 76.0 cm³/mol. The van der Waals surface area contributed by atoms with E-state index in [9.17, 15) is 0 Å². The monoisotopic (exact) mass is 267 g/mol. The van der Waals surface area contributed by atoms with Crippen molar-refractivity contribution in [3.05, 3.63) is 0 Å². The van der Waals surface area contributed by atoms with E-state index < -0.39 is 0 Å². The van der Waals surface area contributed by atoms with Gasteiger partial charge in [0.05, 0.1) is 5.60 Å². The van der Waals surface area contributed by atoms with Crippen LogP contribution in [-0.4, -0.2) is 31.0 Å². The van der Waals surface area contributed by atoms with Crippen LogP contribution < -0.4 is 5.73 Å². The highest BCUT2D eigenvalue weighted by Crippen LogP contribution is 2.47. The van der Waals surface area contributed by atoms with Gasteiger partial charge >= 0.3 is 0 Å². The van der Waals surface area contributed by atoms with Crippen molar-refractivity contribution >= 4 is 0 Å². The van der Waals surface area contributed by atoms with Crippen LogP contribution in [0.1, 0.15) is 58.3 Å². The molecule has 3 rings (SSSR count). The highest BCUT2D eigenvalue weighted by molar-refractivity contribution is 5.02. The zero-order valence-corrected chi connectivity index (χ0v) is 12.3. The maximum atomic E-state index is 6.80. The van der Waals surface area contributed by atoms with E-state index in [1.165, 1.54) is 32.1 Å². The third kappa shape index (κ3) is 2.70. The van der Waals surface area contributed by atoms with E-state index in [4.69, 9.17) is 15.2 Å². The molecule has 0 radical (unpaired) electrons. The molecule has 3 heteroatoms. The molecule has 1 saturated carbocycles. The second-order valence-electron chi connectivity index (χ2n) is 7.08. The van der Waals surface area contributed by atoms with E-state index in [-0.39, 0.29) is 11.1 Å². The molecule has 110 valence electrons. The molecule has 0 bridgehead atoms. The average Bonchev–Trinajstić information content (AvgIpc) is 2.83. The highest BCUT2D eigenvalue weighted by atomic mass is 16.5. The molecule has 2 aliphatic heterocycles. The number of rotatable bonds is 2. The molecule has 0 aromatic rings. The van der Waals surface area contributed by atoms with Gasteiger partial charge in [-0.1, -0.05) is 13.3 Å². The van der Waals surface area contributed by atoms with Crippen molar-refractivity contribution in [1.82, 2.24) is 0 Å². The molecule has 1 spiro atoms. The number of nitrogens with two attached hydrogens (primary N) is 1. The van der Waals surface area contributed by atoms with Gasteiger partial charge in [-0.15, -0.1) is 0 Å². The van der Waals surface area contributed by atoms with E-state index >= 15 is 0 Å². The molecule has 1 aliphatic carbocycles. The first-order valence-corrected chi connectivity index (χ1v) is 8.16. The van der Waals surface area contributed by atoms with Crippen LogP contribution in [0.25, 0.3) is 0 Å². The summed E-state index contributed by atoms with van der Waals surface area (Å²) in [6.45, 7) is 4.94. The van der Waals surface area contributed by atoms with Crippen molar-refractivity contribution in [3.63, 3.8) is 0 Å². The third-order valence-corrected chi connectivity index (χ3v) is 5.97. The van der Waals surface area contributed by atoms with Gasteiger partial charge in [-0.2, -0.15) is 0 Å². The maximum Gasteiger partial charge on any atom is 0.0729 e. The summed E-state index contributed by atoms with van der Waals surface area (Å²) in [5, 5.41) is 0. The summed E-state index contributed by atoms with van der Waals surface area (Å²) < 4.78 is 11.7. The van der Waals surface area contributed by atoms with E-state index in [1.807, 2.05) is 0 Å². The Morgan fingerprint density at radius 1 is 1.05 bits per heavy atom. The summed E-state index contributed by atoms with van der Waals surface area (Å²) >= 11 is 0. The first-order valence-electron chi connectivity index (χ1n) is 8.16. The number of ether oxygens (including phenoxy) is 2. The summed E-state index contributed by atoms with van der Waals surface area (Å²) in [4.78, 5) is 0. The van der Waals surface area contributed by atoms with Gasteiger partial charge < -0.3 is 15.2 Å². The second-order valence-corrected chi connectivity index (χ2v) is 7.08. The smallest absolute Gasteiger partial charge is 0.0729 e. The van der Waals surface area contributed by atoms with Crippen LogP contribution in [-0.2, 0) is 9.47 Å². The summed E-state index contributed by atoms with van der Waals surface area (Å²) in [5.41, 5.74) is 6.99. The zero-order valence-electron chi connectivity index (χ0n) is 12.3. The quantitative estimate of drug-likeness (QED) is 0.836. The van der Waals surface area contributed by atoms with Crippen molar-refractivity contribution in [1.29, 1.82) is 0 Å². The molecule has 2 saturated heterocycles. The average molecular weight is 267 g/mol. The van der Waals surface area contributed by atoms with Gasteiger partial charge in [0.2, 0.25) is 0 Å². The van der Waals surface area contributed by atoms with Gasteiger partial charge in [0, 0.05) is 25.4 Å². The Morgan fingerprint density at radius 2 is 1.84 bits per heavy atom. The highest BCUT2D eigenvalue weighted by Gasteiger charge is 2.48. The van der Waals surface area contributed by atoms with Crippen LogP contribution in [0.4, 0.5) is 0 Å². The molecule has 3 nitrogen and oxygen atoms in total. The normalized spacial score (nSPS) is 42.6. The lowest BCUT2D eigenvalue weighted by atomic mass is 9.71. The van der Waals surface area contributed by atoms with Gasteiger partial charge in [-0.05, 0) is 56.8 Å². The summed E-state index contributed by atoms with van der Waals surface area (Å²) in [6.07, 6.45) is 9.55. The van der Waals surface area contributed by atoms with Gasteiger partial charge in [-0.25, -0.2) is 0 Å². The van der Waals surface area contributed by atoms with Crippen molar-refractivity contribution in [2.75, 3.05) is 19.8 Å². The van der Waals surface area contributed by atoms with Gasteiger partial charge in [0.1, 0.15) is 0 Å². The number of hydrogen-bond acceptors (Lipinski definition) is 3. The van der Waals surface area contributed by atoms with Crippen LogP contribution in [0.3, 0.4) is 0 Å². The Balaban J connectivity index is 1.68. The Morgan fingerprint density at radius 3 is 2.53 bits per heavy atom. The Bertz CT molecular complexity index is 308. The minimum atomic E-state index is 0.0930. The molecule has 0 aromatic heterocycles. The van der Waals surface area contributed by atoms with Crippen LogP contribution in [0, 0.1) is 11.8 Å². The fourth-order valence-electron chi connectivity index (χ4n) is 4.54. The molecular formula is C16H29NO2. The molecule has 0 aromatic carbocycles. The lowest BCUT2D eigenvalue weighted by molar-refractivity contribution is -0.154. The van der Waals surface area contributed by atoms with E-state index in [1.54, 1.807) is 0 Å². The lowest BCUT2D eigenvalue weighted by Crippen LogP contribution is -2.53. The molecular weight excluding hydrogens is 238 g/mol. The molecule has 3 unspecified atom stereocenters. The minimum absolute atomic E-state index is 0.0930. The largest absolute Gasteiger partial charge is 0.381 e. The van der Waals surface area contributed by atoms with Crippen LogP contribution in [0.15, 0.2) is 0 Å². The Labute approximate surface area is 117 Å². The minimum Gasteiger partial charge on any atom is -0.381 e. The fraction of sp³-hybridized carbons (Fsp3) is 1.00. The van der Waals surface area contributed by atoms with Crippen LogP contribution in [0.5, 0.6) is 0 Å². The SMILES string of the molecule is CCC1CCC(N)(C2CCOC3(CCOCC3)C2)C1. The first-order chi connectivity index (χ1) is 9.16. The van der Waals surface area contributed by atoms with Crippen molar-refractivity contribution in [3.8, 4) is 0 Å². The maximum absolute atomic E-state index is 6.80. The van der Waals surface area contributed by atoms with Crippen molar-refractivity contribution in [2.24, 2.45) is 17.6 Å². The van der Waals surface area contributed by atoms with Crippen LogP contribution >= 0.6 is 0 Å². The predicted octanol–water partition coefficient (Wildman–Crippen LogP) is 2.87. The van der Waals surface area contributed by atoms with Crippen molar-refractivity contribution in [2.45, 2.75) is 69.4 Å². The molecule has 2 heterocycles. The fourth-order valence-corrected chi connectivity index (χ4v) is 4.54. The molecule has 3 atom stereocenters. The van der Waals surface area contributed by atoms with Gasteiger partial charge in [0.15, 0.2) is 0 Å². The Kier molecular flexibility index (Phi) is 3.89. The third-order valence-electron chi connectivity index (χ3n) is 5.97. The summed E-state index contributed by atoms with van der Waals surface area (Å²) in [7, 11) is 0. The molecule has 2 N–H and O–H groups in total. The van der Waals surface area contributed by atoms with E-state index in [2.05, 4.69) is 6.92 Å². The van der Waals surface area contributed by atoms with Gasteiger partial charge in [-0.3, -0.25) is 0 Å². The number of hydrogen-bond donors (Lipinski definition) is 1. The molecule has 19 heavy (non-hydrogen) atoms. The van der Waals surface area contributed by atoms with E-state index in [0.29, 0.717) is 5.92 Å². The van der Waals surface area contributed by atoms with E-state index in [0.717, 1.165) is 45.0 Å². The van der Waals surface area contributed by atoms with Crippen molar-refractivity contribution < 1.29 is 9.47 Å². The summed E-state index contributed by atoms with van der Waals surface area (Å²) in [6, 6.07) is 0. The topological polar surface area (TPSA) is 44.5 Å². The van der Waals surface area contributed by atoms with Crippen LogP contribution in [0.2, 0.25) is 0 Å². The first kappa shape index (κ1) is 13.8. The second kappa shape index (κ2) is 5.34. The zero-order chi connectivity index (χ0) is 13.3. The lowest BCUT2D eigenvalue weighted by Gasteiger charge is -2.48. The molecule has 0 amide bonds. The standard InChI is InChI=1S/C16H29NO2/c1-2-13-3-5-16(17,11-13)14-4-8-19-15(12-14)6-9-18-10-7-15/h13-14H,2-12,17H2,1H3. The van der Waals surface area contributed by atoms with Gasteiger partial charge in [0.25, 0.3) is 0 Å². The molecule has 3 fully saturated rings. The molecule has 3 aliphatic rings. The summed E-state index contributed by atoms with van der Waals surface area (Å²) in [5.74, 6) is 1.52. The Hall–Kier alpha value is -0.120.